The average molecular weight is 931 g/mol. The van der Waals surface area contributed by atoms with Gasteiger partial charge < -0.3 is 24.2 Å². The van der Waals surface area contributed by atoms with Crippen LogP contribution in [0.5, 0.6) is 0 Å². The van der Waals surface area contributed by atoms with Gasteiger partial charge in [-0.3, -0.25) is 23.4 Å². The molecule has 0 aromatic carbocycles. The van der Waals surface area contributed by atoms with Crippen LogP contribution in [0.2, 0.25) is 0 Å². The molecule has 12 heteroatoms. The molecule has 0 aliphatic rings. The predicted octanol–water partition coefficient (Wildman–Crippen LogP) is 14.9. The number of ether oxygens (including phenoxy) is 3. The highest BCUT2D eigenvalue weighted by atomic mass is 31.2. The van der Waals surface area contributed by atoms with Crippen molar-refractivity contribution in [3.05, 3.63) is 12.2 Å². The van der Waals surface area contributed by atoms with Gasteiger partial charge in [0.05, 0.1) is 19.8 Å². The van der Waals surface area contributed by atoms with E-state index in [0.29, 0.717) is 19.3 Å². The van der Waals surface area contributed by atoms with Crippen molar-refractivity contribution in [3.8, 4) is 0 Å². The van der Waals surface area contributed by atoms with Crippen molar-refractivity contribution in [3.63, 3.8) is 0 Å². The van der Waals surface area contributed by atoms with Gasteiger partial charge in [-0.05, 0) is 44.9 Å². The van der Waals surface area contributed by atoms with E-state index in [-0.39, 0.29) is 25.9 Å². The fourth-order valence-electron chi connectivity index (χ4n) is 7.59. The number of carbonyl (C=O) groups is 3. The minimum absolute atomic E-state index is 0.164. The molecule has 0 saturated carbocycles. The summed E-state index contributed by atoms with van der Waals surface area (Å²) in [4.78, 5) is 48.2. The van der Waals surface area contributed by atoms with E-state index in [0.717, 1.165) is 77.0 Å². The summed E-state index contributed by atoms with van der Waals surface area (Å²) in [5, 5.41) is 9.74. The molecule has 3 unspecified atom stereocenters. The van der Waals surface area contributed by atoms with Crippen molar-refractivity contribution in [1.29, 1.82) is 0 Å². The Hall–Kier alpha value is -1.78. The number of aliphatic hydroxyl groups is 1. The number of hydrogen-bond acceptors (Lipinski definition) is 10. The molecule has 0 aromatic heterocycles. The van der Waals surface area contributed by atoms with E-state index >= 15 is 0 Å². The Labute approximate surface area is 392 Å². The van der Waals surface area contributed by atoms with Crippen LogP contribution >= 0.6 is 7.82 Å². The first-order valence-electron chi connectivity index (χ1n) is 26.6. The van der Waals surface area contributed by atoms with Crippen LogP contribution in [0.1, 0.15) is 265 Å². The lowest BCUT2D eigenvalue weighted by atomic mass is 10.0. The number of allylic oxidation sites excluding steroid dienone is 2. The van der Waals surface area contributed by atoms with Crippen LogP contribution in [0.3, 0.4) is 0 Å². The molecule has 0 fully saturated rings. The third kappa shape index (κ3) is 45.4. The molecule has 0 rings (SSSR count). The van der Waals surface area contributed by atoms with Crippen molar-refractivity contribution < 1.29 is 52.2 Å². The van der Waals surface area contributed by atoms with Gasteiger partial charge in [0.1, 0.15) is 12.7 Å². The minimum atomic E-state index is -4.73. The molecule has 0 amide bonds. The van der Waals surface area contributed by atoms with Crippen LogP contribution in [0.25, 0.3) is 0 Å². The molecule has 0 aromatic rings. The molecule has 11 nitrogen and oxygen atoms in total. The summed E-state index contributed by atoms with van der Waals surface area (Å²) < 4.78 is 39.3. The van der Waals surface area contributed by atoms with Gasteiger partial charge in [0.2, 0.25) is 0 Å². The van der Waals surface area contributed by atoms with Crippen molar-refractivity contribution in [2.45, 2.75) is 277 Å². The highest BCUT2D eigenvalue weighted by molar-refractivity contribution is 7.47. The molecule has 0 radical (unpaired) electrons. The molecule has 0 bridgehead atoms. The number of rotatable bonds is 50. The Morgan fingerprint density at radius 2 is 0.719 bits per heavy atom. The van der Waals surface area contributed by atoms with Crippen LogP contribution < -0.4 is 0 Å². The SMILES string of the molecule is CCCCCC/C=C\CCCCCCCC(=O)OC(COC(=O)CCCCCCCCCCCCCCCCC)COP(=O)(O)OCC(CO)OC(=O)CCCCCCCCCCC. The molecule has 0 aliphatic carbocycles. The maximum atomic E-state index is 12.8. The largest absolute Gasteiger partial charge is 0.472 e. The summed E-state index contributed by atoms with van der Waals surface area (Å²) in [6, 6.07) is 0. The summed E-state index contributed by atoms with van der Waals surface area (Å²) in [5.74, 6) is -1.45. The standard InChI is InChI=1S/C52H99O11P/c1-4-7-10-13-16-19-21-23-24-26-27-30-32-35-38-41-50(54)59-45-49(63-52(56)43-40-37-34-31-28-25-22-20-17-14-11-8-5-2)47-61-64(57,58)60-46-48(44-53)62-51(55)42-39-36-33-29-18-15-12-9-6-3/h20,22,48-49,53H,4-19,21,23-47H2,1-3H3,(H,57,58)/b22-20-. The Balaban J connectivity index is 4.70. The number of phosphoric acid groups is 1. The lowest BCUT2D eigenvalue weighted by molar-refractivity contribution is -0.161. The first-order chi connectivity index (χ1) is 31.2. The zero-order chi connectivity index (χ0) is 47.0. The first kappa shape index (κ1) is 62.2. The van der Waals surface area contributed by atoms with Crippen molar-refractivity contribution in [2.24, 2.45) is 0 Å². The van der Waals surface area contributed by atoms with Crippen molar-refractivity contribution in [1.82, 2.24) is 0 Å². The van der Waals surface area contributed by atoms with Gasteiger partial charge in [0.15, 0.2) is 6.10 Å². The summed E-state index contributed by atoms with van der Waals surface area (Å²) in [6.07, 6.45) is 43.3. The van der Waals surface area contributed by atoms with Crippen LogP contribution in [0.15, 0.2) is 12.2 Å². The number of phosphoric ester groups is 1. The second kappa shape index (κ2) is 47.7. The highest BCUT2D eigenvalue weighted by Crippen LogP contribution is 2.43. The Morgan fingerprint density at radius 3 is 1.09 bits per heavy atom. The lowest BCUT2D eigenvalue weighted by Gasteiger charge is -2.21. The molecule has 0 heterocycles. The van der Waals surface area contributed by atoms with Gasteiger partial charge in [0, 0.05) is 19.3 Å². The van der Waals surface area contributed by atoms with E-state index in [1.165, 1.54) is 128 Å². The van der Waals surface area contributed by atoms with Gasteiger partial charge in [0.25, 0.3) is 0 Å². The maximum absolute atomic E-state index is 12.8. The molecule has 378 valence electrons. The third-order valence-electron chi connectivity index (χ3n) is 11.7. The Kier molecular flexibility index (Phi) is 46.4. The van der Waals surface area contributed by atoms with Gasteiger partial charge in [-0.15, -0.1) is 0 Å². The predicted molar refractivity (Wildman–Crippen MR) is 261 cm³/mol. The van der Waals surface area contributed by atoms with E-state index in [9.17, 15) is 28.9 Å². The quantitative estimate of drug-likeness (QED) is 0.0197. The van der Waals surface area contributed by atoms with E-state index in [1.807, 2.05) is 0 Å². The molecule has 0 spiro atoms. The topological polar surface area (TPSA) is 155 Å². The van der Waals surface area contributed by atoms with Crippen LogP contribution in [0.4, 0.5) is 0 Å². The fourth-order valence-corrected chi connectivity index (χ4v) is 8.37. The molecule has 2 N–H and O–H groups in total. The Bertz CT molecular complexity index is 1130. The average Bonchev–Trinajstić information content (AvgIpc) is 3.28. The number of hydrogen-bond donors (Lipinski definition) is 2. The minimum Gasteiger partial charge on any atom is -0.462 e. The summed E-state index contributed by atoms with van der Waals surface area (Å²) in [5.41, 5.74) is 0. The van der Waals surface area contributed by atoms with Gasteiger partial charge >= 0.3 is 25.7 Å². The monoisotopic (exact) mass is 931 g/mol. The van der Waals surface area contributed by atoms with E-state index in [4.69, 9.17) is 23.3 Å². The first-order valence-corrected chi connectivity index (χ1v) is 28.1. The lowest BCUT2D eigenvalue weighted by Crippen LogP contribution is -2.30. The highest BCUT2D eigenvalue weighted by Gasteiger charge is 2.28. The van der Waals surface area contributed by atoms with Gasteiger partial charge in [-0.25, -0.2) is 4.57 Å². The van der Waals surface area contributed by atoms with E-state index in [2.05, 4.69) is 32.9 Å². The van der Waals surface area contributed by atoms with Crippen molar-refractivity contribution >= 4 is 25.7 Å². The fraction of sp³-hybridized carbons (Fsp3) is 0.904. The van der Waals surface area contributed by atoms with Gasteiger partial charge in [-0.2, -0.15) is 0 Å². The molecule has 0 saturated heterocycles. The second-order valence-electron chi connectivity index (χ2n) is 18.1. The third-order valence-corrected chi connectivity index (χ3v) is 12.6. The van der Waals surface area contributed by atoms with Crippen molar-refractivity contribution in [2.75, 3.05) is 26.4 Å². The summed E-state index contributed by atoms with van der Waals surface area (Å²) in [7, 11) is -4.73. The number of esters is 3. The second-order valence-corrected chi connectivity index (χ2v) is 19.5. The van der Waals surface area contributed by atoms with E-state index < -0.39 is 57.8 Å². The molecule has 0 aliphatic heterocycles. The molecular formula is C52H99O11P. The number of aliphatic hydroxyl groups excluding tert-OH is 1. The summed E-state index contributed by atoms with van der Waals surface area (Å²) in [6.45, 7) is 4.62. The van der Waals surface area contributed by atoms with Crippen LogP contribution in [0, 0.1) is 0 Å². The molecule has 64 heavy (non-hydrogen) atoms. The zero-order valence-electron chi connectivity index (χ0n) is 41.5. The molecular weight excluding hydrogens is 832 g/mol. The van der Waals surface area contributed by atoms with Crippen LogP contribution in [-0.4, -0.2) is 66.5 Å². The van der Waals surface area contributed by atoms with E-state index in [1.54, 1.807) is 0 Å². The van der Waals surface area contributed by atoms with Gasteiger partial charge in [-0.1, -0.05) is 213 Å². The molecule has 3 atom stereocenters. The smallest absolute Gasteiger partial charge is 0.462 e. The van der Waals surface area contributed by atoms with Crippen LogP contribution in [-0.2, 0) is 42.2 Å². The number of unbranched alkanes of at least 4 members (excludes halogenated alkanes) is 31. The number of carbonyl (C=O) groups excluding carboxylic acids is 3. The zero-order valence-corrected chi connectivity index (χ0v) is 42.4. The Morgan fingerprint density at radius 1 is 0.422 bits per heavy atom. The summed E-state index contributed by atoms with van der Waals surface area (Å²) >= 11 is 0. The normalized spacial score (nSPS) is 13.5. The maximum Gasteiger partial charge on any atom is 0.472 e.